The van der Waals surface area contributed by atoms with E-state index in [1.165, 1.54) is 5.56 Å². The van der Waals surface area contributed by atoms with E-state index in [4.69, 9.17) is 1.41 Å². The number of H-pyrrole nitrogens is 1. The second-order valence-corrected chi connectivity index (χ2v) is 7.11. The lowest BCUT2D eigenvalue weighted by molar-refractivity contribution is -0.613. The first kappa shape index (κ1) is 14.3. The summed E-state index contributed by atoms with van der Waals surface area (Å²) in [6.45, 7) is 10.7. The molecule has 0 aliphatic heterocycles. The lowest BCUT2D eigenvalue weighted by Gasteiger charge is -2.15. The Morgan fingerprint density at radius 2 is 1.52 bits per heavy atom. The summed E-state index contributed by atoms with van der Waals surface area (Å²) in [4.78, 5) is 1.61. The van der Waals surface area contributed by atoms with Gasteiger partial charge >= 0.3 is 1.41 Å². The molecule has 0 aliphatic carbocycles. The van der Waals surface area contributed by atoms with Crippen molar-refractivity contribution in [1.29, 1.82) is 0 Å². The molecule has 0 unspecified atom stereocenters. The maximum atomic E-state index is 8.82. The SMILES string of the molecule is [2H]n1c(-c2ccccc2)c(C)[n+](-c2ccccc2C)c1C(C)(C)C. The highest BCUT2D eigenvalue weighted by Gasteiger charge is 2.33. The van der Waals surface area contributed by atoms with Gasteiger partial charge in [-0.05, 0) is 39.3 Å². The van der Waals surface area contributed by atoms with Crippen molar-refractivity contribution in [3.63, 3.8) is 0 Å². The van der Waals surface area contributed by atoms with Crippen molar-refractivity contribution < 1.29 is 5.98 Å². The number of para-hydroxylation sites is 1. The molecule has 0 bridgehead atoms. The summed E-state index contributed by atoms with van der Waals surface area (Å²) in [5.74, 6) is 0.980. The standard InChI is InChI=1S/C21H24N2/c1-15-11-9-10-14-18(15)23-16(2)19(17-12-7-6-8-13-17)22-20(23)21(3,4)5/h6-14H,1-5H3/p+1/i/hD. The smallest absolute Gasteiger partial charge is 0.240 e. The molecular weight excluding hydrogens is 280 g/mol. The van der Waals surface area contributed by atoms with Crippen molar-refractivity contribution in [2.75, 3.05) is 0 Å². The van der Waals surface area contributed by atoms with Crippen molar-refractivity contribution in [3.8, 4) is 16.9 Å². The fraction of sp³-hybridized carbons (Fsp3) is 0.286. The second-order valence-electron chi connectivity index (χ2n) is 7.11. The first-order chi connectivity index (χ1) is 11.3. The lowest BCUT2D eigenvalue weighted by atomic mass is 9.95. The Kier molecular flexibility index (Phi) is 3.53. The number of hydrogen-bond acceptors (Lipinski definition) is 0. The van der Waals surface area contributed by atoms with Crippen molar-refractivity contribution in [3.05, 3.63) is 71.7 Å². The fourth-order valence-electron chi connectivity index (χ4n) is 2.98. The van der Waals surface area contributed by atoms with E-state index in [9.17, 15) is 0 Å². The zero-order valence-electron chi connectivity index (χ0n) is 15.6. The molecular formula is C21H25N2+. The molecule has 0 saturated heterocycles. The molecule has 0 saturated carbocycles. The fourth-order valence-corrected chi connectivity index (χ4v) is 2.98. The number of aryl methyl sites for hydroxylation is 1. The number of aromatic amines is 1. The number of imidazole rings is 1. The van der Waals surface area contributed by atoms with Crippen molar-refractivity contribution in [1.82, 2.24) is 4.98 Å². The van der Waals surface area contributed by atoms with E-state index in [-0.39, 0.29) is 5.41 Å². The summed E-state index contributed by atoms with van der Waals surface area (Å²) < 4.78 is 11.1. The third-order valence-corrected chi connectivity index (χ3v) is 4.18. The average molecular weight is 306 g/mol. The number of nitrogens with one attached hydrogen (secondary N) is 1. The Balaban J connectivity index is 2.40. The predicted molar refractivity (Wildman–Crippen MR) is 95.9 cm³/mol. The summed E-state index contributed by atoms with van der Waals surface area (Å²) in [5.41, 5.74) is 5.31. The van der Waals surface area contributed by atoms with Gasteiger partial charge in [0.15, 0.2) is 11.4 Å². The Morgan fingerprint density at radius 3 is 2.13 bits per heavy atom. The van der Waals surface area contributed by atoms with Crippen molar-refractivity contribution in [2.24, 2.45) is 0 Å². The van der Waals surface area contributed by atoms with Gasteiger partial charge < -0.3 is 0 Å². The highest BCUT2D eigenvalue weighted by Crippen LogP contribution is 2.27. The van der Waals surface area contributed by atoms with Gasteiger partial charge in [0.05, 0.1) is 5.41 Å². The lowest BCUT2D eigenvalue weighted by Crippen LogP contribution is -2.42. The summed E-state index contributed by atoms with van der Waals surface area (Å²) in [6, 6.07) is 18.6. The number of hydrogen-bond donors (Lipinski definition) is 1. The molecule has 118 valence electrons. The topological polar surface area (TPSA) is 19.7 Å². The minimum atomic E-state index is -0.151. The van der Waals surface area contributed by atoms with E-state index in [0.717, 1.165) is 28.5 Å². The van der Waals surface area contributed by atoms with Crippen LogP contribution in [0.3, 0.4) is 0 Å². The van der Waals surface area contributed by atoms with Crippen LogP contribution in [0.2, 0.25) is 1.41 Å². The first-order valence-electron chi connectivity index (χ1n) is 8.55. The maximum Gasteiger partial charge on any atom is 0.312 e. The summed E-state index contributed by atoms with van der Waals surface area (Å²) in [7, 11) is 0. The minimum Gasteiger partial charge on any atom is -0.240 e. The van der Waals surface area contributed by atoms with Gasteiger partial charge in [-0.25, -0.2) is 4.98 Å². The van der Waals surface area contributed by atoms with Crippen LogP contribution < -0.4 is 4.57 Å². The van der Waals surface area contributed by atoms with Gasteiger partial charge in [0.1, 0.15) is 5.69 Å². The zero-order chi connectivity index (χ0) is 17.5. The quantitative estimate of drug-likeness (QED) is 0.652. The second kappa shape index (κ2) is 5.69. The van der Waals surface area contributed by atoms with E-state index in [2.05, 4.69) is 75.6 Å². The molecule has 0 fully saturated rings. The Bertz CT molecular complexity index is 871. The molecule has 1 heterocycles. The molecule has 2 nitrogen and oxygen atoms in total. The molecule has 0 spiro atoms. The van der Waals surface area contributed by atoms with Gasteiger partial charge in [0.25, 0.3) is 5.82 Å². The number of nitrogens with zero attached hydrogens (tertiary/aromatic N) is 1. The van der Waals surface area contributed by atoms with Gasteiger partial charge in [-0.1, -0.05) is 48.5 Å². The molecule has 2 heteroatoms. The van der Waals surface area contributed by atoms with Crippen LogP contribution in [0.1, 0.15) is 37.9 Å². The number of benzene rings is 2. The van der Waals surface area contributed by atoms with E-state index >= 15 is 0 Å². The van der Waals surface area contributed by atoms with E-state index in [1.807, 2.05) is 18.2 Å². The molecule has 0 amide bonds. The van der Waals surface area contributed by atoms with Crippen LogP contribution >= 0.6 is 0 Å². The van der Waals surface area contributed by atoms with Crippen LogP contribution in [0.4, 0.5) is 0 Å². The average Bonchev–Trinajstić information content (AvgIpc) is 2.79. The molecule has 23 heavy (non-hydrogen) atoms. The van der Waals surface area contributed by atoms with E-state index in [1.54, 1.807) is 4.98 Å². The Morgan fingerprint density at radius 1 is 0.913 bits per heavy atom. The van der Waals surface area contributed by atoms with Crippen LogP contribution in [-0.4, -0.2) is 4.98 Å². The van der Waals surface area contributed by atoms with Crippen LogP contribution in [0.15, 0.2) is 54.6 Å². The highest BCUT2D eigenvalue weighted by molar-refractivity contribution is 5.61. The third kappa shape index (κ3) is 2.81. The normalized spacial score (nSPS) is 12.3. The largest absolute Gasteiger partial charge is 0.312 e. The molecule has 1 N–H and O–H groups in total. The molecule has 3 rings (SSSR count). The van der Waals surface area contributed by atoms with Gasteiger partial charge in [-0.2, -0.15) is 4.57 Å². The summed E-state index contributed by atoms with van der Waals surface area (Å²) in [5, 5.41) is 0. The molecule has 0 aliphatic rings. The van der Waals surface area contributed by atoms with Gasteiger partial charge in [-0.3, -0.25) is 0 Å². The molecule has 1 aromatic heterocycles. The van der Waals surface area contributed by atoms with Crippen LogP contribution in [0, 0.1) is 13.8 Å². The maximum absolute atomic E-state index is 8.82. The molecule has 3 aromatic rings. The van der Waals surface area contributed by atoms with Crippen LogP contribution in [-0.2, 0) is 5.41 Å². The van der Waals surface area contributed by atoms with Crippen LogP contribution in [0.25, 0.3) is 16.9 Å². The van der Waals surface area contributed by atoms with E-state index < -0.39 is 0 Å². The number of aromatic nitrogens is 2. The number of rotatable bonds is 2. The van der Waals surface area contributed by atoms with Gasteiger partial charge in [-0.15, -0.1) is 0 Å². The molecule has 2 aromatic carbocycles. The molecule has 0 radical (unpaired) electrons. The molecule has 0 atom stereocenters. The van der Waals surface area contributed by atoms with E-state index in [0.29, 0.717) is 0 Å². The summed E-state index contributed by atoms with van der Waals surface area (Å²) in [6.07, 6.45) is 0. The van der Waals surface area contributed by atoms with Crippen molar-refractivity contribution in [2.45, 2.75) is 40.0 Å². The van der Waals surface area contributed by atoms with Gasteiger partial charge in [0, 0.05) is 12.5 Å². The summed E-state index contributed by atoms with van der Waals surface area (Å²) >= 11 is 0. The third-order valence-electron chi connectivity index (χ3n) is 4.18. The highest BCUT2D eigenvalue weighted by atomic mass is 15.1. The zero-order valence-corrected chi connectivity index (χ0v) is 14.6. The minimum absolute atomic E-state index is 0.151. The van der Waals surface area contributed by atoms with Crippen LogP contribution in [0.5, 0.6) is 0 Å². The van der Waals surface area contributed by atoms with Gasteiger partial charge in [0.2, 0.25) is 0 Å². The monoisotopic (exact) mass is 306 g/mol. The Labute approximate surface area is 140 Å². The Hall–Kier alpha value is -2.35. The predicted octanol–water partition coefficient (Wildman–Crippen LogP) is 4.87. The first-order valence-corrected chi connectivity index (χ1v) is 8.11. The van der Waals surface area contributed by atoms with Crippen molar-refractivity contribution >= 4 is 0 Å².